The van der Waals surface area contributed by atoms with E-state index in [0.29, 0.717) is 51.4 Å². The van der Waals surface area contributed by atoms with Crippen LogP contribution >= 0.6 is 19.2 Å². The van der Waals surface area contributed by atoms with Gasteiger partial charge in [0.15, 0.2) is 28.3 Å². The SMILES string of the molecule is COc1cc2c(Nc3ncc(CC(=O)Nc4cccc(F)c4F)s3)ncnc2cc1OCCCN1CCN(CCOP(=O)(OC(C)(C)C)OC(C)(C)C)CC1. The first-order valence-electron chi connectivity index (χ1n) is 18.0. The van der Waals surface area contributed by atoms with Crippen molar-refractivity contribution in [3.63, 3.8) is 0 Å². The molecule has 0 bridgehead atoms. The Balaban J connectivity index is 1.07. The van der Waals surface area contributed by atoms with Crippen molar-refractivity contribution in [2.45, 2.75) is 65.6 Å². The normalized spacial score (nSPS) is 14.6. The van der Waals surface area contributed by atoms with Gasteiger partial charge >= 0.3 is 7.82 Å². The van der Waals surface area contributed by atoms with Crippen LogP contribution in [0.5, 0.6) is 11.5 Å². The van der Waals surface area contributed by atoms with Gasteiger partial charge in [-0.2, -0.15) is 0 Å². The number of benzene rings is 2. The van der Waals surface area contributed by atoms with Crippen molar-refractivity contribution in [1.82, 2.24) is 24.8 Å². The molecule has 2 N–H and O–H groups in total. The Morgan fingerprint density at radius 1 is 0.927 bits per heavy atom. The number of phosphoric acid groups is 1. The number of carbonyl (C=O) groups excluding carboxylic acids is 1. The maximum atomic E-state index is 14.0. The number of hydrogen-bond donors (Lipinski definition) is 2. The van der Waals surface area contributed by atoms with E-state index in [-0.39, 0.29) is 18.7 Å². The molecule has 4 aromatic rings. The van der Waals surface area contributed by atoms with Crippen molar-refractivity contribution in [3.05, 3.63) is 59.4 Å². The Bertz CT molecular complexity index is 1950. The molecule has 300 valence electrons. The first-order chi connectivity index (χ1) is 26.0. The largest absolute Gasteiger partial charge is 0.493 e. The average Bonchev–Trinajstić information content (AvgIpc) is 3.53. The maximum absolute atomic E-state index is 14.0. The zero-order valence-corrected chi connectivity index (χ0v) is 34.0. The number of fused-ring (bicyclic) bond motifs is 1. The van der Waals surface area contributed by atoms with Gasteiger partial charge in [-0.25, -0.2) is 28.3 Å². The zero-order valence-electron chi connectivity index (χ0n) is 32.3. The molecule has 1 saturated heterocycles. The van der Waals surface area contributed by atoms with E-state index in [1.165, 1.54) is 36.0 Å². The van der Waals surface area contributed by atoms with Crippen molar-refractivity contribution in [2.24, 2.45) is 0 Å². The van der Waals surface area contributed by atoms with Crippen LogP contribution in [0.1, 0.15) is 52.8 Å². The highest BCUT2D eigenvalue weighted by Gasteiger charge is 2.37. The lowest BCUT2D eigenvalue weighted by atomic mass is 10.2. The smallest absolute Gasteiger partial charge is 0.475 e. The predicted octanol–water partition coefficient (Wildman–Crippen LogP) is 7.44. The Kier molecular flexibility index (Phi) is 14.2. The molecule has 1 aliphatic rings. The molecular weight excluding hydrogens is 755 g/mol. The molecule has 3 heterocycles. The van der Waals surface area contributed by atoms with E-state index in [1.807, 2.05) is 47.6 Å². The number of phosphoric ester groups is 1. The molecule has 2 aromatic heterocycles. The second-order valence-corrected chi connectivity index (χ2v) is 17.5. The van der Waals surface area contributed by atoms with Crippen molar-refractivity contribution in [2.75, 3.05) is 70.2 Å². The molecule has 0 aliphatic carbocycles. The highest BCUT2D eigenvalue weighted by atomic mass is 32.1. The molecule has 1 fully saturated rings. The fraction of sp³-hybridized carbons (Fsp3) is 0.514. The minimum Gasteiger partial charge on any atom is -0.493 e. The van der Waals surface area contributed by atoms with Crippen molar-refractivity contribution < 1.29 is 41.2 Å². The van der Waals surface area contributed by atoms with Gasteiger partial charge in [0.05, 0.1) is 49.2 Å². The fourth-order valence-electron chi connectivity index (χ4n) is 5.67. The molecule has 0 spiro atoms. The second-order valence-electron chi connectivity index (χ2n) is 14.9. The number of rotatable bonds is 17. The second kappa shape index (κ2) is 18.4. The Hall–Kier alpha value is -3.83. The number of carbonyl (C=O) groups is 1. The zero-order chi connectivity index (χ0) is 39.8. The van der Waals surface area contributed by atoms with Crippen LogP contribution < -0.4 is 20.1 Å². The number of anilines is 3. The quantitative estimate of drug-likeness (QED) is 0.0805. The third kappa shape index (κ3) is 12.9. The molecular formula is C37H50F2N7O7PS. The molecule has 0 atom stereocenters. The summed E-state index contributed by atoms with van der Waals surface area (Å²) >= 11 is 1.23. The van der Waals surface area contributed by atoms with E-state index in [9.17, 15) is 18.1 Å². The standard InChI is InChI=1S/C37H50F2N7O7PS/c1-36(2,3)52-54(48,53-37(4,5)6)51-19-17-46-15-13-45(14-16-46)12-9-18-50-31-22-29-26(21-30(31)49-7)34(42-24-41-29)44-35-40-23-25(55-35)20-32(47)43-28-11-8-10-27(38)33(28)39/h8,10-11,21-24H,9,12-20H2,1-7H3,(H,43,47)(H,40,41,42,44). The number of amides is 1. The average molecular weight is 806 g/mol. The molecule has 0 saturated carbocycles. The summed E-state index contributed by atoms with van der Waals surface area (Å²) in [5, 5.41) is 6.73. The lowest BCUT2D eigenvalue weighted by molar-refractivity contribution is -0.115. The number of methoxy groups -OCH3 is 1. The molecule has 55 heavy (non-hydrogen) atoms. The van der Waals surface area contributed by atoms with E-state index < -0.39 is 36.6 Å². The number of hydrogen-bond acceptors (Lipinski definition) is 14. The van der Waals surface area contributed by atoms with Gasteiger partial charge in [0.1, 0.15) is 12.1 Å². The Labute approximate surface area is 324 Å². The topological polar surface area (TPSA) is 149 Å². The molecule has 5 rings (SSSR count). The molecule has 18 heteroatoms. The minimum atomic E-state index is -3.74. The van der Waals surface area contributed by atoms with E-state index in [4.69, 9.17) is 23.0 Å². The van der Waals surface area contributed by atoms with E-state index in [1.54, 1.807) is 13.2 Å². The van der Waals surface area contributed by atoms with Crippen LogP contribution in [0.4, 0.5) is 25.4 Å². The summed E-state index contributed by atoms with van der Waals surface area (Å²) in [5.74, 6) is -1.09. The highest BCUT2D eigenvalue weighted by Crippen LogP contribution is 2.55. The first kappa shape index (κ1) is 42.3. The van der Waals surface area contributed by atoms with E-state index >= 15 is 0 Å². The van der Waals surface area contributed by atoms with Gasteiger partial charge < -0.3 is 25.0 Å². The van der Waals surface area contributed by atoms with Crippen LogP contribution in [-0.4, -0.2) is 101 Å². The van der Waals surface area contributed by atoms with Crippen LogP contribution in [0.2, 0.25) is 0 Å². The molecule has 1 aliphatic heterocycles. The number of thiazole rings is 1. The molecule has 1 amide bonds. The summed E-state index contributed by atoms with van der Waals surface area (Å²) < 4.78 is 69.8. The number of halogens is 2. The third-order valence-corrected chi connectivity index (χ3v) is 11.0. The Morgan fingerprint density at radius 2 is 1.62 bits per heavy atom. The van der Waals surface area contributed by atoms with Crippen LogP contribution in [0.15, 0.2) is 42.9 Å². The lowest BCUT2D eigenvalue weighted by Gasteiger charge is -2.35. The summed E-state index contributed by atoms with van der Waals surface area (Å²) in [7, 11) is -2.17. The Morgan fingerprint density at radius 3 is 2.29 bits per heavy atom. The maximum Gasteiger partial charge on any atom is 0.475 e. The number of nitrogens with zero attached hydrogens (tertiary/aromatic N) is 5. The first-order valence-corrected chi connectivity index (χ1v) is 20.3. The molecule has 14 nitrogen and oxygen atoms in total. The summed E-state index contributed by atoms with van der Waals surface area (Å²) in [6.45, 7) is 16.6. The summed E-state index contributed by atoms with van der Waals surface area (Å²) in [6.07, 6.45) is 3.70. The van der Waals surface area contributed by atoms with Crippen LogP contribution in [0, 0.1) is 11.6 Å². The van der Waals surface area contributed by atoms with Crippen LogP contribution in [-0.2, 0) is 29.4 Å². The molecule has 2 aromatic carbocycles. The van der Waals surface area contributed by atoms with Crippen molar-refractivity contribution >= 4 is 52.6 Å². The summed E-state index contributed by atoms with van der Waals surface area (Å²) in [5.41, 5.74) is -0.946. The highest BCUT2D eigenvalue weighted by molar-refractivity contribution is 7.48. The van der Waals surface area contributed by atoms with Gasteiger partial charge in [0.2, 0.25) is 5.91 Å². The minimum absolute atomic E-state index is 0.0760. The predicted molar refractivity (Wildman–Crippen MR) is 208 cm³/mol. The van der Waals surface area contributed by atoms with Gasteiger partial charge in [-0.15, -0.1) is 11.3 Å². The van der Waals surface area contributed by atoms with Gasteiger partial charge in [-0.05, 0) is 66.2 Å². The van der Waals surface area contributed by atoms with Crippen molar-refractivity contribution in [1.29, 1.82) is 0 Å². The lowest BCUT2D eigenvalue weighted by Crippen LogP contribution is -2.47. The summed E-state index contributed by atoms with van der Waals surface area (Å²) in [6, 6.07) is 7.20. The van der Waals surface area contributed by atoms with Gasteiger partial charge in [0.25, 0.3) is 0 Å². The number of nitrogens with one attached hydrogen (secondary N) is 2. The van der Waals surface area contributed by atoms with Crippen LogP contribution in [0.3, 0.4) is 0 Å². The molecule has 0 unspecified atom stereocenters. The number of piperazine rings is 1. The molecule has 0 radical (unpaired) electrons. The van der Waals surface area contributed by atoms with Crippen molar-refractivity contribution in [3.8, 4) is 11.5 Å². The van der Waals surface area contributed by atoms with E-state index in [2.05, 4.69) is 35.4 Å². The van der Waals surface area contributed by atoms with Gasteiger partial charge in [-0.1, -0.05) is 6.07 Å². The van der Waals surface area contributed by atoms with Crippen LogP contribution in [0.25, 0.3) is 10.9 Å². The van der Waals surface area contributed by atoms with Gasteiger partial charge in [0, 0.05) is 61.8 Å². The number of ether oxygens (including phenoxy) is 2. The number of aromatic nitrogens is 3. The van der Waals surface area contributed by atoms with E-state index in [0.717, 1.165) is 45.2 Å². The monoisotopic (exact) mass is 805 g/mol. The summed E-state index contributed by atoms with van der Waals surface area (Å²) in [4.78, 5) is 30.9. The van der Waals surface area contributed by atoms with Gasteiger partial charge in [-0.3, -0.25) is 23.3 Å². The fourth-order valence-corrected chi connectivity index (χ4v) is 8.27. The third-order valence-electron chi connectivity index (χ3n) is 8.03.